The highest BCUT2D eigenvalue weighted by Crippen LogP contribution is 2.34. The summed E-state index contributed by atoms with van der Waals surface area (Å²) in [6.07, 6.45) is 1.10. The summed E-state index contributed by atoms with van der Waals surface area (Å²) in [4.78, 5) is 0. The van der Waals surface area contributed by atoms with Crippen molar-refractivity contribution in [1.82, 2.24) is 0 Å². The van der Waals surface area contributed by atoms with Gasteiger partial charge in [0.2, 0.25) is 0 Å². The first kappa shape index (κ1) is 11.2. The molecule has 16 heavy (non-hydrogen) atoms. The van der Waals surface area contributed by atoms with E-state index in [0.29, 0.717) is 5.75 Å². The van der Waals surface area contributed by atoms with E-state index in [-0.39, 0.29) is 7.92 Å². The zero-order chi connectivity index (χ0) is 11.4. The molecule has 0 aliphatic heterocycles. The molecule has 2 heteroatoms. The first-order valence-corrected chi connectivity index (χ1v) is 7.27. The molecular formula is C14H15OP. The van der Waals surface area contributed by atoms with Crippen molar-refractivity contribution in [2.45, 2.75) is 6.16 Å². The highest BCUT2D eigenvalue weighted by molar-refractivity contribution is 7.64. The SMILES string of the molecule is CP(Cc1ccccc1)c1ccc(O)cc1. The highest BCUT2D eigenvalue weighted by atomic mass is 31.1. The molecule has 0 heterocycles. The molecule has 1 atom stereocenters. The lowest BCUT2D eigenvalue weighted by Gasteiger charge is -2.12. The molecule has 0 saturated heterocycles. The molecule has 0 fully saturated rings. The Morgan fingerprint density at radius 1 is 0.938 bits per heavy atom. The van der Waals surface area contributed by atoms with E-state index < -0.39 is 0 Å². The largest absolute Gasteiger partial charge is 0.508 e. The van der Waals surface area contributed by atoms with E-state index >= 15 is 0 Å². The van der Waals surface area contributed by atoms with Crippen LogP contribution in [0.3, 0.4) is 0 Å². The van der Waals surface area contributed by atoms with Crippen molar-refractivity contribution in [3.63, 3.8) is 0 Å². The Bertz CT molecular complexity index is 436. The van der Waals surface area contributed by atoms with Crippen molar-refractivity contribution < 1.29 is 5.11 Å². The summed E-state index contributed by atoms with van der Waals surface area (Å²) in [6, 6.07) is 18.1. The van der Waals surface area contributed by atoms with Crippen LogP contribution in [0.4, 0.5) is 0 Å². The van der Waals surface area contributed by atoms with Gasteiger partial charge in [-0.25, -0.2) is 0 Å². The van der Waals surface area contributed by atoms with Gasteiger partial charge in [0.15, 0.2) is 0 Å². The molecule has 2 aromatic rings. The van der Waals surface area contributed by atoms with E-state index in [4.69, 9.17) is 0 Å². The van der Waals surface area contributed by atoms with Gasteiger partial charge in [0, 0.05) is 0 Å². The number of aromatic hydroxyl groups is 1. The van der Waals surface area contributed by atoms with Gasteiger partial charge in [-0.15, -0.1) is 0 Å². The van der Waals surface area contributed by atoms with Gasteiger partial charge >= 0.3 is 0 Å². The fourth-order valence-electron chi connectivity index (χ4n) is 1.66. The van der Waals surface area contributed by atoms with E-state index in [1.54, 1.807) is 12.1 Å². The van der Waals surface area contributed by atoms with Crippen LogP contribution in [-0.4, -0.2) is 11.8 Å². The Hall–Kier alpha value is -1.33. The van der Waals surface area contributed by atoms with Crippen LogP contribution < -0.4 is 5.30 Å². The monoisotopic (exact) mass is 230 g/mol. The molecule has 0 radical (unpaired) electrons. The maximum atomic E-state index is 9.24. The van der Waals surface area contributed by atoms with E-state index in [1.807, 2.05) is 18.2 Å². The van der Waals surface area contributed by atoms with Crippen LogP contribution >= 0.6 is 7.92 Å². The summed E-state index contributed by atoms with van der Waals surface area (Å²) in [5.74, 6) is 0.340. The van der Waals surface area contributed by atoms with Crippen molar-refractivity contribution in [3.8, 4) is 5.75 Å². The lowest BCUT2D eigenvalue weighted by molar-refractivity contribution is 0.475. The standard InChI is InChI=1S/C14H15OP/c1-16(11-12-5-3-2-4-6-12)14-9-7-13(15)8-10-14/h2-10,15H,11H2,1H3. The van der Waals surface area contributed by atoms with E-state index in [0.717, 1.165) is 6.16 Å². The third kappa shape index (κ3) is 2.84. The molecule has 1 N–H and O–H groups in total. The third-order valence-corrected chi connectivity index (χ3v) is 4.57. The van der Waals surface area contributed by atoms with Crippen LogP contribution in [-0.2, 0) is 6.16 Å². The number of benzene rings is 2. The number of phenolic OH excluding ortho intramolecular Hbond substituents is 1. The van der Waals surface area contributed by atoms with Crippen LogP contribution in [0, 0.1) is 0 Å². The first-order chi connectivity index (χ1) is 7.75. The minimum Gasteiger partial charge on any atom is -0.508 e. The molecule has 82 valence electrons. The van der Waals surface area contributed by atoms with Crippen molar-refractivity contribution in [2.75, 3.05) is 6.66 Å². The topological polar surface area (TPSA) is 20.2 Å². The number of hydrogen-bond acceptors (Lipinski definition) is 1. The first-order valence-electron chi connectivity index (χ1n) is 5.30. The Morgan fingerprint density at radius 2 is 1.56 bits per heavy atom. The zero-order valence-corrected chi connectivity index (χ0v) is 10.2. The number of rotatable bonds is 3. The maximum absolute atomic E-state index is 9.24. The van der Waals surface area contributed by atoms with Gasteiger partial charge in [-0.2, -0.15) is 0 Å². The summed E-state index contributed by atoms with van der Waals surface area (Å²) in [6.45, 7) is 2.27. The van der Waals surface area contributed by atoms with Crippen LogP contribution in [0.15, 0.2) is 54.6 Å². The van der Waals surface area contributed by atoms with Crippen LogP contribution in [0.2, 0.25) is 0 Å². The third-order valence-electron chi connectivity index (χ3n) is 2.55. The molecule has 0 spiro atoms. The van der Waals surface area contributed by atoms with Crippen molar-refractivity contribution in [1.29, 1.82) is 0 Å². The van der Waals surface area contributed by atoms with Gasteiger partial charge in [-0.05, 0) is 35.8 Å². The van der Waals surface area contributed by atoms with Crippen molar-refractivity contribution >= 4 is 13.2 Å². The summed E-state index contributed by atoms with van der Waals surface area (Å²) in [5.41, 5.74) is 1.38. The number of phenols is 1. The van der Waals surface area contributed by atoms with Gasteiger partial charge in [0.05, 0.1) is 0 Å². The molecule has 1 nitrogen and oxygen atoms in total. The normalized spacial score (nSPS) is 12.3. The molecule has 0 amide bonds. The molecule has 0 aliphatic rings. The fourth-order valence-corrected chi connectivity index (χ4v) is 3.25. The number of hydrogen-bond donors (Lipinski definition) is 1. The lowest BCUT2D eigenvalue weighted by Crippen LogP contribution is -2.00. The minimum atomic E-state index is -0.175. The van der Waals surface area contributed by atoms with E-state index in [1.165, 1.54) is 10.9 Å². The molecule has 1 unspecified atom stereocenters. The van der Waals surface area contributed by atoms with Crippen molar-refractivity contribution in [3.05, 3.63) is 60.2 Å². The second-order valence-corrected chi connectivity index (χ2v) is 6.09. The molecule has 0 saturated carbocycles. The lowest BCUT2D eigenvalue weighted by atomic mass is 10.2. The van der Waals surface area contributed by atoms with Gasteiger partial charge < -0.3 is 5.11 Å². The predicted molar refractivity (Wildman–Crippen MR) is 70.7 cm³/mol. The molecule has 0 aromatic heterocycles. The maximum Gasteiger partial charge on any atom is 0.115 e. The zero-order valence-electron chi connectivity index (χ0n) is 9.30. The molecule has 2 aromatic carbocycles. The molecular weight excluding hydrogens is 215 g/mol. The molecule has 0 bridgehead atoms. The van der Waals surface area contributed by atoms with Crippen LogP contribution in [0.5, 0.6) is 5.75 Å². The molecule has 0 aliphatic carbocycles. The van der Waals surface area contributed by atoms with Crippen molar-refractivity contribution in [2.24, 2.45) is 0 Å². The second-order valence-electron chi connectivity index (χ2n) is 3.86. The fraction of sp³-hybridized carbons (Fsp3) is 0.143. The van der Waals surface area contributed by atoms with E-state index in [2.05, 4.69) is 30.9 Å². The highest BCUT2D eigenvalue weighted by Gasteiger charge is 2.05. The average Bonchev–Trinajstić information content (AvgIpc) is 2.31. The summed E-state index contributed by atoms with van der Waals surface area (Å²) >= 11 is 0. The average molecular weight is 230 g/mol. The summed E-state index contributed by atoms with van der Waals surface area (Å²) < 4.78 is 0. The van der Waals surface area contributed by atoms with Gasteiger partial charge in [0.25, 0.3) is 0 Å². The van der Waals surface area contributed by atoms with Gasteiger partial charge in [-0.3, -0.25) is 0 Å². The smallest absolute Gasteiger partial charge is 0.115 e. The van der Waals surface area contributed by atoms with Crippen LogP contribution in [0.1, 0.15) is 5.56 Å². The van der Waals surface area contributed by atoms with Crippen LogP contribution in [0.25, 0.3) is 0 Å². The minimum absolute atomic E-state index is 0.175. The van der Waals surface area contributed by atoms with E-state index in [9.17, 15) is 5.11 Å². The predicted octanol–water partition coefficient (Wildman–Crippen LogP) is 3.33. The Balaban J connectivity index is 2.09. The Kier molecular flexibility index (Phi) is 3.58. The van der Waals surface area contributed by atoms with Gasteiger partial charge in [0.1, 0.15) is 5.75 Å². The van der Waals surface area contributed by atoms with Gasteiger partial charge in [-0.1, -0.05) is 50.4 Å². The Morgan fingerprint density at radius 3 is 2.19 bits per heavy atom. The second kappa shape index (κ2) is 5.14. The summed E-state index contributed by atoms with van der Waals surface area (Å²) in [7, 11) is -0.175. The Labute approximate surface area is 97.5 Å². The molecule has 2 rings (SSSR count). The summed E-state index contributed by atoms with van der Waals surface area (Å²) in [5, 5.41) is 10.6. The quantitative estimate of drug-likeness (QED) is 0.802.